The molecule has 3 aromatic rings. The third kappa shape index (κ3) is 4.46. The summed E-state index contributed by atoms with van der Waals surface area (Å²) < 4.78 is 7.01. The number of hydrogen-bond acceptors (Lipinski definition) is 4. The van der Waals surface area contributed by atoms with Gasteiger partial charge in [0.2, 0.25) is 0 Å². The summed E-state index contributed by atoms with van der Waals surface area (Å²) in [6.07, 6.45) is 3.72. The number of benzene rings is 2. The van der Waals surface area contributed by atoms with E-state index in [1.165, 1.54) is 0 Å². The molecule has 0 fully saturated rings. The molecule has 146 valence electrons. The maximum absolute atomic E-state index is 12.8. The molecule has 3 rings (SSSR count). The SMILES string of the molecule is COc1cc(CN(C)C(=O)c2ccn(-c3ccc(Cl)c(Cl)c3)n2)ccc1SC. The monoisotopic (exact) mass is 435 g/mol. The zero-order valence-electron chi connectivity index (χ0n) is 15.6. The summed E-state index contributed by atoms with van der Waals surface area (Å²) in [7, 11) is 3.39. The normalized spacial score (nSPS) is 10.8. The van der Waals surface area contributed by atoms with Crippen LogP contribution in [-0.4, -0.2) is 41.0 Å². The zero-order chi connectivity index (χ0) is 20.3. The average Bonchev–Trinajstić information content (AvgIpc) is 3.19. The highest BCUT2D eigenvalue weighted by Gasteiger charge is 2.16. The maximum Gasteiger partial charge on any atom is 0.274 e. The molecule has 0 bridgehead atoms. The van der Waals surface area contributed by atoms with Crippen molar-refractivity contribution >= 4 is 40.9 Å². The first-order valence-corrected chi connectivity index (χ1v) is 10.4. The fourth-order valence-electron chi connectivity index (χ4n) is 2.73. The van der Waals surface area contributed by atoms with Gasteiger partial charge in [0.1, 0.15) is 5.75 Å². The Kier molecular flexibility index (Phi) is 6.54. The highest BCUT2D eigenvalue weighted by Crippen LogP contribution is 2.29. The molecule has 1 heterocycles. The van der Waals surface area contributed by atoms with E-state index in [-0.39, 0.29) is 5.91 Å². The number of ether oxygens (including phenoxy) is 1. The molecule has 0 unspecified atom stereocenters. The van der Waals surface area contributed by atoms with E-state index in [4.69, 9.17) is 27.9 Å². The highest BCUT2D eigenvalue weighted by atomic mass is 35.5. The summed E-state index contributed by atoms with van der Waals surface area (Å²) in [5.41, 5.74) is 2.06. The van der Waals surface area contributed by atoms with E-state index in [1.54, 1.807) is 66.0 Å². The Labute approximate surface area is 178 Å². The number of nitrogens with zero attached hydrogens (tertiary/aromatic N) is 3. The molecule has 0 aliphatic carbocycles. The Balaban J connectivity index is 1.75. The molecule has 0 aliphatic heterocycles. The number of methoxy groups -OCH3 is 1. The summed E-state index contributed by atoms with van der Waals surface area (Å²) in [6.45, 7) is 0.448. The van der Waals surface area contributed by atoms with Crippen molar-refractivity contribution in [3.05, 3.63) is 70.0 Å². The Morgan fingerprint density at radius 1 is 1.18 bits per heavy atom. The van der Waals surface area contributed by atoms with Crippen LogP contribution in [0, 0.1) is 0 Å². The molecule has 0 spiro atoms. The Morgan fingerprint density at radius 2 is 1.96 bits per heavy atom. The lowest BCUT2D eigenvalue weighted by atomic mass is 10.2. The van der Waals surface area contributed by atoms with Crippen molar-refractivity contribution in [3.8, 4) is 11.4 Å². The number of carbonyl (C=O) groups excluding carboxylic acids is 1. The largest absolute Gasteiger partial charge is 0.496 e. The quantitative estimate of drug-likeness (QED) is 0.500. The van der Waals surface area contributed by atoms with Crippen LogP contribution in [0.1, 0.15) is 16.1 Å². The van der Waals surface area contributed by atoms with Crippen molar-refractivity contribution in [2.24, 2.45) is 0 Å². The average molecular weight is 436 g/mol. The first-order chi connectivity index (χ1) is 13.4. The number of aromatic nitrogens is 2. The second-order valence-corrected chi connectivity index (χ2v) is 7.76. The van der Waals surface area contributed by atoms with Gasteiger partial charge in [0.05, 0.1) is 22.8 Å². The van der Waals surface area contributed by atoms with Crippen LogP contribution < -0.4 is 4.74 Å². The van der Waals surface area contributed by atoms with Crippen LogP contribution in [0.4, 0.5) is 0 Å². The van der Waals surface area contributed by atoms with E-state index in [1.807, 2.05) is 24.5 Å². The van der Waals surface area contributed by atoms with E-state index < -0.39 is 0 Å². The van der Waals surface area contributed by atoms with Gasteiger partial charge in [-0.15, -0.1) is 11.8 Å². The summed E-state index contributed by atoms with van der Waals surface area (Å²) in [4.78, 5) is 15.4. The van der Waals surface area contributed by atoms with Crippen molar-refractivity contribution < 1.29 is 9.53 Å². The van der Waals surface area contributed by atoms with Crippen LogP contribution in [0.25, 0.3) is 5.69 Å². The third-order valence-corrected chi connectivity index (χ3v) is 5.71. The van der Waals surface area contributed by atoms with Gasteiger partial charge in [0.25, 0.3) is 5.91 Å². The molecular formula is C20H19Cl2N3O2S. The fraction of sp³-hybridized carbons (Fsp3) is 0.200. The minimum atomic E-state index is -0.174. The van der Waals surface area contributed by atoms with Crippen LogP contribution in [0.5, 0.6) is 5.75 Å². The Bertz CT molecular complexity index is 1010. The van der Waals surface area contributed by atoms with Crippen LogP contribution in [-0.2, 0) is 6.54 Å². The molecule has 0 N–H and O–H groups in total. The molecule has 0 saturated carbocycles. The molecule has 0 radical (unpaired) electrons. The van der Waals surface area contributed by atoms with E-state index >= 15 is 0 Å². The maximum atomic E-state index is 12.8. The molecule has 28 heavy (non-hydrogen) atoms. The molecule has 8 heteroatoms. The molecule has 2 aromatic carbocycles. The number of hydrogen-bond donors (Lipinski definition) is 0. The smallest absolute Gasteiger partial charge is 0.274 e. The van der Waals surface area contributed by atoms with Gasteiger partial charge < -0.3 is 9.64 Å². The van der Waals surface area contributed by atoms with E-state index in [0.29, 0.717) is 22.3 Å². The number of thioether (sulfide) groups is 1. The molecular weight excluding hydrogens is 417 g/mol. The Morgan fingerprint density at radius 3 is 2.64 bits per heavy atom. The van der Waals surface area contributed by atoms with Gasteiger partial charge in [-0.3, -0.25) is 4.79 Å². The minimum Gasteiger partial charge on any atom is -0.496 e. The number of rotatable bonds is 6. The van der Waals surface area contributed by atoms with Crippen molar-refractivity contribution in [1.82, 2.24) is 14.7 Å². The van der Waals surface area contributed by atoms with Crippen molar-refractivity contribution in [2.75, 3.05) is 20.4 Å². The lowest BCUT2D eigenvalue weighted by molar-refractivity contribution is 0.0778. The summed E-state index contributed by atoms with van der Waals surface area (Å²) >= 11 is 13.6. The zero-order valence-corrected chi connectivity index (χ0v) is 18.0. The molecule has 0 aliphatic rings. The van der Waals surface area contributed by atoms with Gasteiger partial charge in [0, 0.05) is 24.7 Å². The predicted octanol–water partition coefficient (Wildman–Crippen LogP) is 5.18. The molecule has 1 aromatic heterocycles. The van der Waals surface area contributed by atoms with Gasteiger partial charge in [-0.25, -0.2) is 4.68 Å². The second-order valence-electron chi connectivity index (χ2n) is 6.09. The van der Waals surface area contributed by atoms with Crippen LogP contribution in [0.15, 0.2) is 53.6 Å². The predicted molar refractivity (Wildman–Crippen MR) is 114 cm³/mol. The van der Waals surface area contributed by atoms with Crippen LogP contribution >= 0.6 is 35.0 Å². The van der Waals surface area contributed by atoms with Gasteiger partial charge in [-0.2, -0.15) is 5.10 Å². The first-order valence-electron chi connectivity index (χ1n) is 8.40. The van der Waals surface area contributed by atoms with Crippen molar-refractivity contribution in [3.63, 3.8) is 0 Å². The fourth-order valence-corrected chi connectivity index (χ4v) is 3.57. The number of halogens is 2. The van der Waals surface area contributed by atoms with E-state index in [9.17, 15) is 4.79 Å². The number of carbonyl (C=O) groups is 1. The molecule has 0 atom stereocenters. The van der Waals surface area contributed by atoms with Crippen molar-refractivity contribution in [2.45, 2.75) is 11.4 Å². The van der Waals surface area contributed by atoms with Gasteiger partial charge in [-0.1, -0.05) is 29.3 Å². The number of amides is 1. The Hall–Kier alpha value is -2.15. The topological polar surface area (TPSA) is 47.4 Å². The lowest BCUT2D eigenvalue weighted by Crippen LogP contribution is -2.26. The summed E-state index contributed by atoms with van der Waals surface area (Å²) in [5.74, 6) is 0.626. The molecule has 0 saturated heterocycles. The summed E-state index contributed by atoms with van der Waals surface area (Å²) in [5, 5.41) is 5.27. The van der Waals surface area contributed by atoms with E-state index in [0.717, 1.165) is 21.9 Å². The second kappa shape index (κ2) is 8.90. The van der Waals surface area contributed by atoms with Gasteiger partial charge in [0.15, 0.2) is 5.69 Å². The van der Waals surface area contributed by atoms with Crippen LogP contribution in [0.3, 0.4) is 0 Å². The first kappa shape index (κ1) is 20.6. The van der Waals surface area contributed by atoms with Gasteiger partial charge >= 0.3 is 0 Å². The standard InChI is InChI=1S/C20H19Cl2N3O2S/c1-24(12-13-4-7-19(28-3)18(10-13)27-2)20(26)17-8-9-25(23-17)14-5-6-15(21)16(22)11-14/h4-11H,12H2,1-3H3. The molecule has 5 nitrogen and oxygen atoms in total. The minimum absolute atomic E-state index is 0.174. The van der Waals surface area contributed by atoms with Crippen LogP contribution in [0.2, 0.25) is 10.0 Å². The van der Waals surface area contributed by atoms with E-state index in [2.05, 4.69) is 5.10 Å². The molecule has 1 amide bonds. The van der Waals surface area contributed by atoms with Crippen molar-refractivity contribution in [1.29, 1.82) is 0 Å². The third-order valence-electron chi connectivity index (χ3n) is 4.19. The lowest BCUT2D eigenvalue weighted by Gasteiger charge is -2.17. The van der Waals surface area contributed by atoms with Gasteiger partial charge in [-0.05, 0) is 48.2 Å². The highest BCUT2D eigenvalue weighted by molar-refractivity contribution is 7.98. The summed E-state index contributed by atoms with van der Waals surface area (Å²) in [6, 6.07) is 12.8.